The summed E-state index contributed by atoms with van der Waals surface area (Å²) in [6, 6.07) is 5.14. The number of hydrogen-bond donors (Lipinski definition) is 3. The number of carbonyl (C=O) groups excluding carboxylic acids is 1. The van der Waals surface area contributed by atoms with Crippen LogP contribution in [0.4, 0.5) is 11.4 Å². The Morgan fingerprint density at radius 3 is 2.61 bits per heavy atom. The van der Waals surface area contributed by atoms with E-state index in [9.17, 15) is 4.79 Å². The van der Waals surface area contributed by atoms with E-state index in [1.165, 1.54) is 0 Å². The summed E-state index contributed by atoms with van der Waals surface area (Å²) in [6.45, 7) is 0.324. The first kappa shape index (κ1) is 12.7. The summed E-state index contributed by atoms with van der Waals surface area (Å²) in [5.74, 6) is -0.119. The van der Waals surface area contributed by atoms with Crippen molar-refractivity contribution in [2.75, 3.05) is 24.6 Å². The number of carbonyl (C=O) groups is 1. The molecule has 0 bridgehead atoms. The minimum absolute atomic E-state index is 0.0306. The van der Waals surface area contributed by atoms with Crippen molar-refractivity contribution in [2.45, 2.75) is 25.3 Å². The largest absolute Gasteiger partial charge is 0.399 e. The molecule has 0 aliphatic heterocycles. The molecule has 5 N–H and O–H groups in total. The highest BCUT2D eigenvalue weighted by molar-refractivity contribution is 5.99. The average molecular weight is 249 g/mol. The molecular weight excluding hydrogens is 230 g/mol. The predicted molar refractivity (Wildman–Crippen MR) is 71.0 cm³/mol. The number of nitrogens with two attached hydrogens (primary N) is 2. The Labute approximate surface area is 106 Å². The van der Waals surface area contributed by atoms with Crippen LogP contribution < -0.4 is 11.5 Å². The van der Waals surface area contributed by atoms with Crippen molar-refractivity contribution in [3.8, 4) is 0 Å². The third-order valence-corrected chi connectivity index (χ3v) is 3.42. The van der Waals surface area contributed by atoms with Crippen LogP contribution in [-0.2, 0) is 0 Å². The van der Waals surface area contributed by atoms with Gasteiger partial charge in [0.25, 0.3) is 5.91 Å². The average Bonchev–Trinajstić information content (AvgIpc) is 2.25. The molecule has 1 aliphatic carbocycles. The molecule has 98 valence electrons. The minimum Gasteiger partial charge on any atom is -0.399 e. The second-order valence-corrected chi connectivity index (χ2v) is 4.65. The van der Waals surface area contributed by atoms with Gasteiger partial charge in [-0.2, -0.15) is 0 Å². The molecule has 1 aromatic rings. The number of rotatable bonds is 4. The van der Waals surface area contributed by atoms with E-state index in [-0.39, 0.29) is 18.6 Å². The number of aliphatic hydroxyl groups is 1. The Morgan fingerprint density at radius 1 is 1.39 bits per heavy atom. The standard InChI is InChI=1S/C13H19N3O2/c14-9-4-5-11(12(15)8-9)13(18)16(6-7-17)10-2-1-3-10/h4-5,8,10,17H,1-3,6-7,14-15H2. The number of aliphatic hydroxyl groups excluding tert-OH is 1. The lowest BCUT2D eigenvalue weighted by Gasteiger charge is -2.37. The van der Waals surface area contributed by atoms with Gasteiger partial charge in [-0.15, -0.1) is 0 Å². The van der Waals surface area contributed by atoms with Crippen LogP contribution >= 0.6 is 0 Å². The zero-order valence-electron chi connectivity index (χ0n) is 10.3. The quantitative estimate of drug-likeness (QED) is 0.689. The van der Waals surface area contributed by atoms with Crippen molar-refractivity contribution in [1.82, 2.24) is 4.90 Å². The molecule has 0 atom stereocenters. The number of hydrogen-bond acceptors (Lipinski definition) is 4. The molecule has 0 aromatic heterocycles. The van der Waals surface area contributed by atoms with Crippen molar-refractivity contribution in [3.63, 3.8) is 0 Å². The highest BCUT2D eigenvalue weighted by Crippen LogP contribution is 2.27. The maximum absolute atomic E-state index is 12.4. The van der Waals surface area contributed by atoms with Gasteiger partial charge in [0, 0.05) is 24.0 Å². The predicted octanol–water partition coefficient (Wildman–Crippen LogP) is 0.838. The van der Waals surface area contributed by atoms with E-state index in [1.807, 2.05) is 0 Å². The zero-order chi connectivity index (χ0) is 13.1. The topological polar surface area (TPSA) is 92.6 Å². The summed E-state index contributed by atoms with van der Waals surface area (Å²) < 4.78 is 0. The molecule has 1 fully saturated rings. The van der Waals surface area contributed by atoms with Crippen LogP contribution in [0, 0.1) is 0 Å². The normalized spacial score (nSPS) is 15.2. The molecule has 0 heterocycles. The van der Waals surface area contributed by atoms with Crippen LogP contribution in [0.1, 0.15) is 29.6 Å². The van der Waals surface area contributed by atoms with Crippen molar-refractivity contribution in [1.29, 1.82) is 0 Å². The van der Waals surface area contributed by atoms with Crippen molar-refractivity contribution in [3.05, 3.63) is 23.8 Å². The van der Waals surface area contributed by atoms with E-state index in [2.05, 4.69) is 0 Å². The molecule has 5 nitrogen and oxygen atoms in total. The lowest BCUT2D eigenvalue weighted by atomic mass is 9.91. The summed E-state index contributed by atoms with van der Waals surface area (Å²) in [6.07, 6.45) is 3.14. The van der Waals surface area contributed by atoms with E-state index >= 15 is 0 Å². The van der Waals surface area contributed by atoms with Gasteiger partial charge in [-0.25, -0.2) is 0 Å². The molecule has 1 aliphatic rings. The highest BCUT2D eigenvalue weighted by Gasteiger charge is 2.29. The Balaban J connectivity index is 2.21. The smallest absolute Gasteiger partial charge is 0.256 e. The molecule has 1 amide bonds. The zero-order valence-corrected chi connectivity index (χ0v) is 10.3. The molecule has 0 spiro atoms. The van der Waals surface area contributed by atoms with Crippen LogP contribution in [0.25, 0.3) is 0 Å². The van der Waals surface area contributed by atoms with Crippen LogP contribution in [0.15, 0.2) is 18.2 Å². The summed E-state index contributed by atoms with van der Waals surface area (Å²) in [7, 11) is 0. The molecule has 18 heavy (non-hydrogen) atoms. The SMILES string of the molecule is Nc1ccc(C(=O)N(CCO)C2CCC2)c(N)c1. The Hall–Kier alpha value is -1.75. The number of benzene rings is 1. The van der Waals surface area contributed by atoms with Gasteiger partial charge in [-0.3, -0.25) is 4.79 Å². The third kappa shape index (κ3) is 2.41. The second kappa shape index (κ2) is 5.27. The lowest BCUT2D eigenvalue weighted by molar-refractivity contribution is 0.0527. The number of amides is 1. The van der Waals surface area contributed by atoms with E-state index in [1.54, 1.807) is 23.1 Å². The van der Waals surface area contributed by atoms with Gasteiger partial charge in [0.05, 0.1) is 12.2 Å². The van der Waals surface area contributed by atoms with Gasteiger partial charge in [-0.05, 0) is 37.5 Å². The maximum Gasteiger partial charge on any atom is 0.256 e. The van der Waals surface area contributed by atoms with Crippen LogP contribution in [-0.4, -0.2) is 35.1 Å². The van der Waals surface area contributed by atoms with Crippen LogP contribution in [0.3, 0.4) is 0 Å². The Bertz CT molecular complexity index is 444. The van der Waals surface area contributed by atoms with Gasteiger partial charge in [0.2, 0.25) is 0 Å². The van der Waals surface area contributed by atoms with Gasteiger partial charge < -0.3 is 21.5 Å². The fourth-order valence-electron chi connectivity index (χ4n) is 2.19. The van der Waals surface area contributed by atoms with E-state index < -0.39 is 0 Å². The Morgan fingerprint density at radius 2 is 2.11 bits per heavy atom. The molecule has 1 aromatic carbocycles. The first-order valence-electron chi connectivity index (χ1n) is 6.20. The molecule has 0 saturated heterocycles. The van der Waals surface area contributed by atoms with Crippen LogP contribution in [0.5, 0.6) is 0 Å². The first-order chi connectivity index (χ1) is 8.63. The molecule has 2 rings (SSSR count). The lowest BCUT2D eigenvalue weighted by Crippen LogP contribution is -2.45. The fraction of sp³-hybridized carbons (Fsp3) is 0.462. The first-order valence-corrected chi connectivity index (χ1v) is 6.20. The summed E-state index contributed by atoms with van der Waals surface area (Å²) in [5, 5.41) is 9.07. The molecule has 0 radical (unpaired) electrons. The van der Waals surface area contributed by atoms with Gasteiger partial charge in [0.15, 0.2) is 0 Å². The van der Waals surface area contributed by atoms with Crippen molar-refractivity contribution in [2.24, 2.45) is 0 Å². The van der Waals surface area contributed by atoms with Crippen molar-refractivity contribution < 1.29 is 9.90 Å². The van der Waals surface area contributed by atoms with Gasteiger partial charge in [0.1, 0.15) is 0 Å². The maximum atomic E-state index is 12.4. The van der Waals surface area contributed by atoms with E-state index in [0.29, 0.717) is 23.5 Å². The second-order valence-electron chi connectivity index (χ2n) is 4.65. The van der Waals surface area contributed by atoms with Gasteiger partial charge in [-0.1, -0.05) is 0 Å². The minimum atomic E-state index is -0.119. The third-order valence-electron chi connectivity index (χ3n) is 3.42. The van der Waals surface area contributed by atoms with Crippen LogP contribution in [0.2, 0.25) is 0 Å². The van der Waals surface area contributed by atoms with E-state index in [4.69, 9.17) is 16.6 Å². The number of nitrogen functional groups attached to an aromatic ring is 2. The number of anilines is 2. The summed E-state index contributed by atoms with van der Waals surface area (Å²) in [4.78, 5) is 14.1. The van der Waals surface area contributed by atoms with Crippen molar-refractivity contribution >= 4 is 17.3 Å². The van der Waals surface area contributed by atoms with Gasteiger partial charge >= 0.3 is 0 Å². The fourth-order valence-corrected chi connectivity index (χ4v) is 2.19. The molecular formula is C13H19N3O2. The Kier molecular flexibility index (Phi) is 3.72. The highest BCUT2D eigenvalue weighted by atomic mass is 16.3. The molecule has 0 unspecified atom stereocenters. The molecule has 5 heteroatoms. The van der Waals surface area contributed by atoms with E-state index in [0.717, 1.165) is 19.3 Å². The summed E-state index contributed by atoms with van der Waals surface area (Å²) in [5.41, 5.74) is 12.8. The number of nitrogens with zero attached hydrogens (tertiary/aromatic N) is 1. The summed E-state index contributed by atoms with van der Waals surface area (Å²) >= 11 is 0. The molecule has 1 saturated carbocycles. The monoisotopic (exact) mass is 249 g/mol.